The number of benzene rings is 4. The van der Waals surface area contributed by atoms with Crippen molar-refractivity contribution in [3.63, 3.8) is 0 Å². The van der Waals surface area contributed by atoms with E-state index in [4.69, 9.17) is 14.7 Å². The first-order chi connectivity index (χ1) is 15.2. The summed E-state index contributed by atoms with van der Waals surface area (Å²) in [5.74, 6) is 1.08. The van der Waals surface area contributed by atoms with E-state index in [9.17, 15) is 9.50 Å². The minimum absolute atomic E-state index is 0.175. The first-order valence-electron chi connectivity index (χ1n) is 9.76. The molecule has 0 unspecified atom stereocenters. The molecule has 150 valence electrons. The second kappa shape index (κ2) is 7.88. The number of phenolic OH excluding ortho intramolecular Hbond substituents is 1. The summed E-state index contributed by atoms with van der Waals surface area (Å²) >= 11 is 0. The van der Waals surface area contributed by atoms with Crippen LogP contribution in [-0.2, 0) is 0 Å². The Morgan fingerprint density at radius 1 is 0.613 bits per heavy atom. The Hall–Kier alpha value is -4.25. The fourth-order valence-electron chi connectivity index (χ4n) is 3.35. The van der Waals surface area contributed by atoms with Crippen molar-refractivity contribution in [2.45, 2.75) is 0 Å². The highest BCUT2D eigenvalue weighted by atomic mass is 19.1. The molecule has 1 heterocycles. The van der Waals surface area contributed by atoms with E-state index in [1.165, 1.54) is 12.1 Å². The van der Waals surface area contributed by atoms with E-state index in [-0.39, 0.29) is 11.6 Å². The first kappa shape index (κ1) is 18.8. The summed E-state index contributed by atoms with van der Waals surface area (Å²) in [6, 6.07) is 28.0. The number of aromatic hydroxyl groups is 1. The quantitative estimate of drug-likeness (QED) is 0.364. The van der Waals surface area contributed by atoms with Gasteiger partial charge in [0.15, 0.2) is 0 Å². The number of nitrogens with zero attached hydrogens (tertiary/aromatic N) is 2. The maximum atomic E-state index is 13.5. The van der Waals surface area contributed by atoms with Crippen LogP contribution in [0.15, 0.2) is 97.1 Å². The zero-order chi connectivity index (χ0) is 21.2. The van der Waals surface area contributed by atoms with Crippen LogP contribution >= 0.6 is 0 Å². The highest BCUT2D eigenvalue weighted by Gasteiger charge is 2.14. The predicted molar refractivity (Wildman–Crippen MR) is 119 cm³/mol. The molecule has 0 atom stereocenters. The zero-order valence-corrected chi connectivity index (χ0v) is 16.4. The topological polar surface area (TPSA) is 55.2 Å². The lowest BCUT2D eigenvalue weighted by molar-refractivity contribution is 0.464. The van der Waals surface area contributed by atoms with Gasteiger partial charge in [0.2, 0.25) is 0 Å². The van der Waals surface area contributed by atoms with Gasteiger partial charge in [-0.1, -0.05) is 30.3 Å². The molecule has 5 rings (SSSR count). The highest BCUT2D eigenvalue weighted by molar-refractivity contribution is 5.86. The van der Waals surface area contributed by atoms with Gasteiger partial charge in [0.25, 0.3) is 0 Å². The third kappa shape index (κ3) is 3.94. The Balaban J connectivity index is 1.63. The molecule has 1 aromatic heterocycles. The van der Waals surface area contributed by atoms with E-state index in [1.807, 2.05) is 48.5 Å². The lowest BCUT2D eigenvalue weighted by Crippen LogP contribution is -1.96. The van der Waals surface area contributed by atoms with Crippen LogP contribution in [0.3, 0.4) is 0 Å². The third-order valence-electron chi connectivity index (χ3n) is 4.87. The third-order valence-corrected chi connectivity index (χ3v) is 4.87. The van der Waals surface area contributed by atoms with Crippen LogP contribution < -0.4 is 4.74 Å². The van der Waals surface area contributed by atoms with Crippen LogP contribution in [0.1, 0.15) is 0 Å². The minimum atomic E-state index is -0.302. The van der Waals surface area contributed by atoms with Crippen molar-refractivity contribution in [3.05, 3.63) is 103 Å². The molecule has 0 amide bonds. The van der Waals surface area contributed by atoms with E-state index in [2.05, 4.69) is 0 Å². The Morgan fingerprint density at radius 2 is 1.23 bits per heavy atom. The van der Waals surface area contributed by atoms with Crippen molar-refractivity contribution in [2.24, 2.45) is 0 Å². The van der Waals surface area contributed by atoms with Gasteiger partial charge in [-0.2, -0.15) is 0 Å². The second-order valence-electron chi connectivity index (χ2n) is 7.04. The molecule has 31 heavy (non-hydrogen) atoms. The van der Waals surface area contributed by atoms with Gasteiger partial charge in [0.05, 0.1) is 22.4 Å². The summed E-state index contributed by atoms with van der Waals surface area (Å²) in [5, 5.41) is 9.44. The zero-order valence-electron chi connectivity index (χ0n) is 16.4. The van der Waals surface area contributed by atoms with Gasteiger partial charge in [0.1, 0.15) is 23.1 Å². The number of fused-ring (bicyclic) bond motifs is 1. The van der Waals surface area contributed by atoms with Crippen molar-refractivity contribution in [2.75, 3.05) is 0 Å². The van der Waals surface area contributed by atoms with Crippen LogP contribution in [0.5, 0.6) is 17.2 Å². The highest BCUT2D eigenvalue weighted by Crippen LogP contribution is 2.33. The van der Waals surface area contributed by atoms with Crippen molar-refractivity contribution >= 4 is 11.0 Å². The van der Waals surface area contributed by atoms with Gasteiger partial charge in [-0.25, -0.2) is 14.4 Å². The molecule has 4 aromatic carbocycles. The molecule has 5 heteroatoms. The number of rotatable bonds is 4. The first-order valence-corrected chi connectivity index (χ1v) is 9.76. The second-order valence-corrected chi connectivity index (χ2v) is 7.04. The predicted octanol–water partition coefficient (Wildman–Crippen LogP) is 6.60. The van der Waals surface area contributed by atoms with E-state index in [1.54, 1.807) is 36.4 Å². The van der Waals surface area contributed by atoms with Gasteiger partial charge in [-0.3, -0.25) is 0 Å². The summed E-state index contributed by atoms with van der Waals surface area (Å²) in [5.41, 5.74) is 4.49. The molecule has 1 N–H and O–H groups in total. The van der Waals surface area contributed by atoms with Crippen molar-refractivity contribution < 1.29 is 14.2 Å². The average molecular weight is 408 g/mol. The lowest BCUT2D eigenvalue weighted by Gasteiger charge is -2.12. The largest absolute Gasteiger partial charge is 0.508 e. The van der Waals surface area contributed by atoms with Gasteiger partial charge in [-0.15, -0.1) is 0 Å². The van der Waals surface area contributed by atoms with Crippen LogP contribution in [0.2, 0.25) is 0 Å². The number of hydrogen-bond acceptors (Lipinski definition) is 4. The maximum Gasteiger partial charge on any atom is 0.129 e. The summed E-state index contributed by atoms with van der Waals surface area (Å²) < 4.78 is 19.4. The molecule has 0 radical (unpaired) electrons. The Bertz CT molecular complexity index is 1350. The molecular formula is C26H17FN2O2. The maximum absolute atomic E-state index is 13.5. The SMILES string of the molecule is Oc1ccc(Oc2ccc3nc(-c4ccccc4)c(-c4ccc(F)cc4)nc3c2)cc1. The molecule has 0 aliphatic rings. The number of hydrogen-bond donors (Lipinski definition) is 1. The molecule has 0 spiro atoms. The minimum Gasteiger partial charge on any atom is -0.508 e. The molecule has 0 bridgehead atoms. The summed E-state index contributed by atoms with van der Waals surface area (Å²) in [6.07, 6.45) is 0. The van der Waals surface area contributed by atoms with Crippen molar-refractivity contribution in [1.29, 1.82) is 0 Å². The summed E-state index contributed by atoms with van der Waals surface area (Å²) in [6.45, 7) is 0. The Kier molecular flexibility index (Phi) is 4.77. The standard InChI is InChI=1S/C26H17FN2O2/c27-19-8-6-18(7-9-19)26-25(17-4-2-1-3-5-17)28-23-15-14-22(16-24(23)29-26)31-21-12-10-20(30)11-13-21/h1-16,30H. The van der Waals surface area contributed by atoms with E-state index < -0.39 is 0 Å². The number of aromatic nitrogens is 2. The fraction of sp³-hybridized carbons (Fsp3) is 0. The lowest BCUT2D eigenvalue weighted by atomic mass is 10.0. The van der Waals surface area contributed by atoms with Crippen molar-refractivity contribution in [1.82, 2.24) is 9.97 Å². The van der Waals surface area contributed by atoms with Crippen LogP contribution in [0.25, 0.3) is 33.5 Å². The fourth-order valence-corrected chi connectivity index (χ4v) is 3.35. The number of phenols is 1. The molecular weight excluding hydrogens is 391 g/mol. The Morgan fingerprint density at radius 3 is 1.94 bits per heavy atom. The van der Waals surface area contributed by atoms with Gasteiger partial charge in [-0.05, 0) is 60.7 Å². The van der Waals surface area contributed by atoms with Gasteiger partial charge < -0.3 is 9.84 Å². The number of ether oxygens (including phenoxy) is 1. The smallest absolute Gasteiger partial charge is 0.129 e. The summed E-state index contributed by atoms with van der Waals surface area (Å²) in [7, 11) is 0. The van der Waals surface area contributed by atoms with E-state index in [0.29, 0.717) is 22.7 Å². The van der Waals surface area contributed by atoms with Gasteiger partial charge in [0, 0.05) is 17.2 Å². The molecule has 0 fully saturated rings. The monoisotopic (exact) mass is 408 g/mol. The normalized spacial score (nSPS) is 10.9. The number of halogens is 1. The molecule has 0 saturated heterocycles. The van der Waals surface area contributed by atoms with E-state index >= 15 is 0 Å². The van der Waals surface area contributed by atoms with Crippen LogP contribution in [-0.4, -0.2) is 15.1 Å². The molecule has 0 saturated carbocycles. The van der Waals surface area contributed by atoms with Crippen LogP contribution in [0, 0.1) is 5.82 Å². The van der Waals surface area contributed by atoms with E-state index in [0.717, 1.165) is 22.3 Å². The van der Waals surface area contributed by atoms with Gasteiger partial charge >= 0.3 is 0 Å². The Labute approximate surface area is 178 Å². The molecule has 5 aromatic rings. The molecule has 0 aliphatic heterocycles. The summed E-state index contributed by atoms with van der Waals surface area (Å²) in [4.78, 5) is 9.72. The molecule has 0 aliphatic carbocycles. The van der Waals surface area contributed by atoms with Crippen LogP contribution in [0.4, 0.5) is 4.39 Å². The molecule has 4 nitrogen and oxygen atoms in total. The average Bonchev–Trinajstić information content (AvgIpc) is 2.81. The van der Waals surface area contributed by atoms with Crippen molar-refractivity contribution in [3.8, 4) is 39.8 Å².